The summed E-state index contributed by atoms with van der Waals surface area (Å²) in [6.45, 7) is 1.58. The molecule has 2 fully saturated rings. The minimum Gasteiger partial charge on any atom is -0.488 e. The lowest BCUT2D eigenvalue weighted by Crippen LogP contribution is -2.55. The van der Waals surface area contributed by atoms with Crippen LogP contribution in [0.25, 0.3) is 0 Å². The highest BCUT2D eigenvalue weighted by Crippen LogP contribution is 2.34. The smallest absolute Gasteiger partial charge is 0.125 e. The van der Waals surface area contributed by atoms with E-state index in [1.807, 2.05) is 49.4 Å². The second-order valence-electron chi connectivity index (χ2n) is 9.12. The monoisotopic (exact) mass is 458 g/mol. The van der Waals surface area contributed by atoms with Crippen molar-refractivity contribution in [3.63, 3.8) is 0 Å². The summed E-state index contributed by atoms with van der Waals surface area (Å²) < 4.78 is 17.4. The molecule has 1 aliphatic heterocycles. The maximum Gasteiger partial charge on any atom is 0.125 e. The molecule has 0 aromatic heterocycles. The topological polar surface area (TPSA) is 109 Å². The highest BCUT2D eigenvalue weighted by atomic mass is 16.5. The first-order valence-corrected chi connectivity index (χ1v) is 11.6. The Labute approximate surface area is 194 Å². The van der Waals surface area contributed by atoms with Gasteiger partial charge < -0.3 is 34.6 Å². The lowest BCUT2D eigenvalue weighted by atomic mass is 9.89. The molecule has 2 aromatic carbocycles. The first kappa shape index (κ1) is 24.1. The van der Waals surface area contributed by atoms with Crippen LogP contribution in [-0.2, 0) is 15.9 Å². The van der Waals surface area contributed by atoms with Gasteiger partial charge in [0.1, 0.15) is 42.4 Å². The summed E-state index contributed by atoms with van der Waals surface area (Å²) in [6, 6.07) is 13.8. The van der Waals surface area contributed by atoms with Gasteiger partial charge in [0.15, 0.2) is 0 Å². The van der Waals surface area contributed by atoms with Crippen LogP contribution in [-0.4, -0.2) is 70.8 Å². The predicted octanol–water partition coefficient (Wildman–Crippen LogP) is 2.05. The molecule has 7 nitrogen and oxygen atoms in total. The molecular weight excluding hydrogens is 424 g/mol. The largest absolute Gasteiger partial charge is 0.488 e. The summed E-state index contributed by atoms with van der Waals surface area (Å²) in [4.78, 5) is 0. The molecule has 2 aliphatic rings. The molecule has 1 unspecified atom stereocenters. The SMILES string of the molecule is COC1CCC[C@H]1Oc1ccc(Cc2cc([C@@H]3O[C@H](CO)[C@@H](O)[C@H](O)[C@H]3O)ccc2C)cc1. The van der Waals surface area contributed by atoms with Crippen LogP contribution < -0.4 is 4.74 Å². The minimum absolute atomic E-state index is 0.0957. The third-order valence-electron chi connectivity index (χ3n) is 6.89. The Morgan fingerprint density at radius 2 is 1.67 bits per heavy atom. The van der Waals surface area contributed by atoms with Crippen LogP contribution in [0.1, 0.15) is 47.6 Å². The Balaban J connectivity index is 1.47. The van der Waals surface area contributed by atoms with Crippen molar-refractivity contribution >= 4 is 0 Å². The van der Waals surface area contributed by atoms with E-state index in [0.29, 0.717) is 12.0 Å². The third-order valence-corrected chi connectivity index (χ3v) is 6.89. The molecule has 0 radical (unpaired) electrons. The molecule has 0 spiro atoms. The number of benzene rings is 2. The summed E-state index contributed by atoms with van der Waals surface area (Å²) in [6.07, 6.45) is -1.73. The zero-order valence-electron chi connectivity index (χ0n) is 19.1. The molecule has 0 bridgehead atoms. The van der Waals surface area contributed by atoms with Crippen LogP contribution in [0.2, 0.25) is 0 Å². The van der Waals surface area contributed by atoms with Gasteiger partial charge in [-0.15, -0.1) is 0 Å². The molecule has 2 aromatic rings. The van der Waals surface area contributed by atoms with Crippen molar-refractivity contribution in [1.29, 1.82) is 0 Å². The molecule has 1 aliphatic carbocycles. The molecule has 4 rings (SSSR count). The van der Waals surface area contributed by atoms with Crippen molar-refractivity contribution in [1.82, 2.24) is 0 Å². The maximum atomic E-state index is 10.5. The second kappa shape index (κ2) is 10.5. The first-order chi connectivity index (χ1) is 15.9. The predicted molar refractivity (Wildman–Crippen MR) is 122 cm³/mol. The number of aliphatic hydroxyl groups excluding tert-OH is 4. The van der Waals surface area contributed by atoms with Gasteiger partial charge in [-0.2, -0.15) is 0 Å². The van der Waals surface area contributed by atoms with Crippen molar-refractivity contribution < 1.29 is 34.6 Å². The van der Waals surface area contributed by atoms with E-state index in [9.17, 15) is 20.4 Å². The highest BCUT2D eigenvalue weighted by molar-refractivity contribution is 5.38. The Hall–Kier alpha value is -2.00. The molecule has 0 amide bonds. The summed E-state index contributed by atoms with van der Waals surface area (Å²) in [5.41, 5.74) is 3.97. The maximum absolute atomic E-state index is 10.5. The Kier molecular flexibility index (Phi) is 7.69. The number of methoxy groups -OCH3 is 1. The van der Waals surface area contributed by atoms with Crippen molar-refractivity contribution in [2.24, 2.45) is 0 Å². The zero-order chi connectivity index (χ0) is 23.5. The van der Waals surface area contributed by atoms with Gasteiger partial charge in [0, 0.05) is 7.11 Å². The molecule has 1 saturated heterocycles. The van der Waals surface area contributed by atoms with E-state index >= 15 is 0 Å². The molecular formula is C26H34O7. The summed E-state index contributed by atoms with van der Waals surface area (Å²) in [5, 5.41) is 40.1. The fourth-order valence-corrected chi connectivity index (χ4v) is 4.81. The van der Waals surface area contributed by atoms with E-state index in [-0.39, 0.29) is 12.2 Å². The molecule has 180 valence electrons. The standard InChI is InChI=1S/C26H34O7/c1-15-6-9-17(26-25(30)24(29)23(28)22(14-27)33-26)13-18(15)12-16-7-10-19(11-8-16)32-21-5-3-4-20(21)31-2/h6-11,13,20-30H,3-5,12,14H2,1-2H3/t20?,21-,22-,23-,24+,25-,26+/m1/s1. The molecule has 4 N–H and O–H groups in total. The molecule has 1 heterocycles. The molecule has 7 atom stereocenters. The molecule has 1 saturated carbocycles. The lowest BCUT2D eigenvalue weighted by molar-refractivity contribution is -0.231. The number of aliphatic hydroxyl groups is 4. The number of aryl methyl sites for hydroxylation is 1. The van der Waals surface area contributed by atoms with Crippen LogP contribution in [0.3, 0.4) is 0 Å². The number of hydrogen-bond donors (Lipinski definition) is 4. The van der Waals surface area contributed by atoms with Gasteiger partial charge in [-0.25, -0.2) is 0 Å². The van der Waals surface area contributed by atoms with Crippen LogP contribution in [0.4, 0.5) is 0 Å². The van der Waals surface area contributed by atoms with E-state index in [0.717, 1.165) is 41.7 Å². The van der Waals surface area contributed by atoms with Gasteiger partial charge in [-0.1, -0.05) is 30.3 Å². The van der Waals surface area contributed by atoms with Crippen LogP contribution in [0.15, 0.2) is 42.5 Å². The normalized spacial score (nSPS) is 32.1. The van der Waals surface area contributed by atoms with Gasteiger partial charge in [-0.3, -0.25) is 0 Å². The van der Waals surface area contributed by atoms with Crippen LogP contribution >= 0.6 is 0 Å². The number of hydrogen-bond acceptors (Lipinski definition) is 7. The summed E-state index contributed by atoms with van der Waals surface area (Å²) in [7, 11) is 1.73. The molecule has 7 heteroatoms. The second-order valence-corrected chi connectivity index (χ2v) is 9.12. The number of ether oxygens (including phenoxy) is 3. The van der Waals surface area contributed by atoms with E-state index < -0.39 is 37.1 Å². The van der Waals surface area contributed by atoms with Gasteiger partial charge in [0.25, 0.3) is 0 Å². The number of rotatable bonds is 7. The van der Waals surface area contributed by atoms with E-state index in [4.69, 9.17) is 14.2 Å². The van der Waals surface area contributed by atoms with Gasteiger partial charge in [0.05, 0.1) is 12.7 Å². The van der Waals surface area contributed by atoms with E-state index in [1.54, 1.807) is 7.11 Å². The summed E-state index contributed by atoms with van der Waals surface area (Å²) >= 11 is 0. The summed E-state index contributed by atoms with van der Waals surface area (Å²) in [5.74, 6) is 0.833. The van der Waals surface area contributed by atoms with E-state index in [1.165, 1.54) is 0 Å². The third kappa shape index (κ3) is 5.24. The first-order valence-electron chi connectivity index (χ1n) is 11.6. The Bertz CT molecular complexity index is 913. The van der Waals surface area contributed by atoms with E-state index in [2.05, 4.69) is 0 Å². The van der Waals surface area contributed by atoms with Gasteiger partial charge in [-0.05, 0) is 67.0 Å². The van der Waals surface area contributed by atoms with Crippen LogP contribution in [0.5, 0.6) is 5.75 Å². The van der Waals surface area contributed by atoms with Crippen molar-refractivity contribution in [2.45, 2.75) is 75.3 Å². The highest BCUT2D eigenvalue weighted by Gasteiger charge is 2.44. The Morgan fingerprint density at radius 1 is 0.939 bits per heavy atom. The average molecular weight is 459 g/mol. The lowest BCUT2D eigenvalue weighted by Gasteiger charge is -2.40. The molecule has 33 heavy (non-hydrogen) atoms. The fourth-order valence-electron chi connectivity index (χ4n) is 4.81. The zero-order valence-corrected chi connectivity index (χ0v) is 19.1. The van der Waals surface area contributed by atoms with Crippen LogP contribution in [0, 0.1) is 6.92 Å². The van der Waals surface area contributed by atoms with Gasteiger partial charge in [0.2, 0.25) is 0 Å². The van der Waals surface area contributed by atoms with Crippen molar-refractivity contribution in [2.75, 3.05) is 13.7 Å². The fraction of sp³-hybridized carbons (Fsp3) is 0.538. The minimum atomic E-state index is -1.39. The average Bonchev–Trinajstić information content (AvgIpc) is 3.27. The van der Waals surface area contributed by atoms with Gasteiger partial charge >= 0.3 is 0 Å². The van der Waals surface area contributed by atoms with Crippen molar-refractivity contribution in [3.8, 4) is 5.75 Å². The quantitative estimate of drug-likeness (QED) is 0.503. The Morgan fingerprint density at radius 3 is 2.36 bits per heavy atom. The van der Waals surface area contributed by atoms with Crippen molar-refractivity contribution in [3.05, 3.63) is 64.7 Å².